The summed E-state index contributed by atoms with van der Waals surface area (Å²) in [6.45, 7) is 2.66. The van der Waals surface area contributed by atoms with Crippen LogP contribution in [0.5, 0.6) is 0 Å². The van der Waals surface area contributed by atoms with Gasteiger partial charge in [-0.25, -0.2) is 0 Å². The first-order valence-electron chi connectivity index (χ1n) is 8.22. The zero-order valence-corrected chi connectivity index (χ0v) is 13.9. The van der Waals surface area contributed by atoms with Crippen LogP contribution in [0.1, 0.15) is 38.2 Å². The molecule has 0 unspecified atom stereocenters. The van der Waals surface area contributed by atoms with Crippen molar-refractivity contribution in [1.82, 2.24) is 10.6 Å². The molecule has 0 saturated carbocycles. The molecule has 1 aromatic carbocycles. The number of hydrogen-bond acceptors (Lipinski definition) is 2. The molecule has 23 heavy (non-hydrogen) atoms. The minimum Gasteiger partial charge on any atom is -0.353 e. The van der Waals surface area contributed by atoms with Gasteiger partial charge in [-0.3, -0.25) is 9.79 Å². The number of carbonyl (C=O) groups is 1. The molecule has 1 aliphatic rings. The van der Waals surface area contributed by atoms with Crippen molar-refractivity contribution < 1.29 is 4.79 Å². The van der Waals surface area contributed by atoms with E-state index in [0.29, 0.717) is 19.0 Å². The number of benzene rings is 1. The lowest BCUT2D eigenvalue weighted by Gasteiger charge is -2.17. The quantitative estimate of drug-likeness (QED) is 0.430. The summed E-state index contributed by atoms with van der Waals surface area (Å²) in [7, 11) is 1.78. The van der Waals surface area contributed by atoms with E-state index < -0.39 is 0 Å². The minimum absolute atomic E-state index is 0.0591. The van der Waals surface area contributed by atoms with Gasteiger partial charge in [0.15, 0.2) is 5.96 Å². The third kappa shape index (κ3) is 5.77. The van der Waals surface area contributed by atoms with Gasteiger partial charge in [0.2, 0.25) is 5.91 Å². The lowest BCUT2D eigenvalue weighted by atomic mass is 10.2. The molecule has 5 heteroatoms. The van der Waals surface area contributed by atoms with Gasteiger partial charge in [0.25, 0.3) is 0 Å². The van der Waals surface area contributed by atoms with Gasteiger partial charge in [-0.1, -0.05) is 31.2 Å². The molecule has 0 spiro atoms. The van der Waals surface area contributed by atoms with E-state index in [1.807, 2.05) is 31.2 Å². The van der Waals surface area contributed by atoms with Crippen molar-refractivity contribution in [2.45, 2.75) is 45.2 Å². The van der Waals surface area contributed by atoms with Crippen LogP contribution >= 0.6 is 0 Å². The average Bonchev–Trinajstić information content (AvgIpc) is 3.05. The lowest BCUT2D eigenvalue weighted by molar-refractivity contribution is -0.116. The van der Waals surface area contributed by atoms with Crippen molar-refractivity contribution in [1.29, 1.82) is 0 Å². The van der Waals surface area contributed by atoms with Gasteiger partial charge < -0.3 is 16.0 Å². The topological polar surface area (TPSA) is 65.5 Å². The van der Waals surface area contributed by atoms with E-state index in [2.05, 4.69) is 33.1 Å². The van der Waals surface area contributed by atoms with Crippen LogP contribution in [-0.2, 0) is 11.3 Å². The Kier molecular flexibility index (Phi) is 6.66. The molecule has 1 aromatic rings. The Morgan fingerprint density at radius 1 is 1.30 bits per heavy atom. The molecule has 0 bridgehead atoms. The van der Waals surface area contributed by atoms with Gasteiger partial charge in [0.05, 0.1) is 0 Å². The predicted octanol–water partition coefficient (Wildman–Crippen LogP) is 2.81. The summed E-state index contributed by atoms with van der Waals surface area (Å²) in [5, 5.41) is 9.65. The lowest BCUT2D eigenvalue weighted by Crippen LogP contribution is -2.42. The second-order valence-electron chi connectivity index (χ2n) is 5.71. The van der Waals surface area contributed by atoms with Crippen LogP contribution in [0.25, 0.3) is 0 Å². The van der Waals surface area contributed by atoms with Crippen molar-refractivity contribution in [2.24, 2.45) is 4.99 Å². The Hall–Kier alpha value is -2.30. The first kappa shape index (κ1) is 17.1. The van der Waals surface area contributed by atoms with Crippen LogP contribution in [0, 0.1) is 0 Å². The normalized spacial score (nSPS) is 14.8. The maximum absolute atomic E-state index is 11.7. The van der Waals surface area contributed by atoms with E-state index in [1.54, 1.807) is 7.05 Å². The maximum Gasteiger partial charge on any atom is 0.224 e. The number of nitrogens with one attached hydrogen (secondary N) is 3. The standard InChI is InChI=1S/C18H26N4O/c1-3-7-17(23)21-16-11-6-8-14(12-16)13-20-18(19-2)22-15-9-4-5-10-15/h4-6,8,11-12,15H,3,7,9-10,13H2,1-2H3,(H,21,23)(H2,19,20,22). The second-order valence-corrected chi connectivity index (χ2v) is 5.71. The number of amides is 1. The zero-order valence-electron chi connectivity index (χ0n) is 13.9. The number of aliphatic imine (C=N–C) groups is 1. The van der Waals surface area contributed by atoms with Crippen molar-refractivity contribution >= 4 is 17.6 Å². The molecule has 5 nitrogen and oxygen atoms in total. The number of guanidine groups is 1. The third-order valence-corrected chi connectivity index (χ3v) is 3.72. The molecule has 0 aromatic heterocycles. The van der Waals surface area contributed by atoms with Gasteiger partial charge in [-0.05, 0) is 37.0 Å². The number of nitrogens with zero attached hydrogens (tertiary/aromatic N) is 1. The van der Waals surface area contributed by atoms with Gasteiger partial charge in [0, 0.05) is 31.7 Å². The predicted molar refractivity (Wildman–Crippen MR) is 95.5 cm³/mol. The highest BCUT2D eigenvalue weighted by Gasteiger charge is 2.11. The average molecular weight is 314 g/mol. The van der Waals surface area contributed by atoms with Crippen LogP contribution in [0.3, 0.4) is 0 Å². The van der Waals surface area contributed by atoms with E-state index in [4.69, 9.17) is 0 Å². The molecule has 124 valence electrons. The molecule has 1 aliphatic carbocycles. The van der Waals surface area contributed by atoms with Crippen LogP contribution in [0.15, 0.2) is 41.4 Å². The molecule has 0 heterocycles. The van der Waals surface area contributed by atoms with Gasteiger partial charge in [-0.15, -0.1) is 0 Å². The summed E-state index contributed by atoms with van der Waals surface area (Å²) in [6.07, 6.45) is 7.86. The molecule has 3 N–H and O–H groups in total. The maximum atomic E-state index is 11.7. The first-order chi connectivity index (χ1) is 11.2. The Morgan fingerprint density at radius 3 is 2.78 bits per heavy atom. The molecule has 0 fully saturated rings. The van der Waals surface area contributed by atoms with Crippen LogP contribution in [-0.4, -0.2) is 25.0 Å². The molecule has 0 radical (unpaired) electrons. The fraction of sp³-hybridized carbons (Fsp3) is 0.444. The largest absolute Gasteiger partial charge is 0.353 e. The van der Waals surface area contributed by atoms with Gasteiger partial charge >= 0.3 is 0 Å². The van der Waals surface area contributed by atoms with E-state index in [9.17, 15) is 4.79 Å². The molecule has 1 amide bonds. The van der Waals surface area contributed by atoms with Crippen LogP contribution in [0.2, 0.25) is 0 Å². The SMILES string of the molecule is CCCC(=O)Nc1cccc(CNC(=NC)NC2CC=CC2)c1. The Balaban J connectivity index is 1.85. The van der Waals surface area contributed by atoms with Crippen LogP contribution in [0.4, 0.5) is 5.69 Å². The molecular weight excluding hydrogens is 288 g/mol. The fourth-order valence-corrected chi connectivity index (χ4v) is 2.52. The third-order valence-electron chi connectivity index (χ3n) is 3.72. The Morgan fingerprint density at radius 2 is 2.09 bits per heavy atom. The highest BCUT2D eigenvalue weighted by molar-refractivity contribution is 5.90. The summed E-state index contributed by atoms with van der Waals surface area (Å²) in [4.78, 5) is 15.9. The summed E-state index contributed by atoms with van der Waals surface area (Å²) in [5.74, 6) is 0.864. The first-order valence-corrected chi connectivity index (χ1v) is 8.22. The molecule has 2 rings (SSSR count). The van der Waals surface area contributed by atoms with E-state index in [-0.39, 0.29) is 5.91 Å². The monoisotopic (exact) mass is 314 g/mol. The summed E-state index contributed by atoms with van der Waals surface area (Å²) < 4.78 is 0. The summed E-state index contributed by atoms with van der Waals surface area (Å²) in [6, 6.07) is 8.32. The Bertz CT molecular complexity index is 572. The van der Waals surface area contributed by atoms with Gasteiger partial charge in [-0.2, -0.15) is 0 Å². The highest BCUT2D eigenvalue weighted by atomic mass is 16.1. The summed E-state index contributed by atoms with van der Waals surface area (Å²) in [5.41, 5.74) is 1.94. The van der Waals surface area contributed by atoms with Crippen molar-refractivity contribution in [3.05, 3.63) is 42.0 Å². The van der Waals surface area contributed by atoms with Gasteiger partial charge in [0.1, 0.15) is 0 Å². The highest BCUT2D eigenvalue weighted by Crippen LogP contribution is 2.12. The van der Waals surface area contributed by atoms with Crippen molar-refractivity contribution in [2.75, 3.05) is 12.4 Å². The number of anilines is 1. The van der Waals surface area contributed by atoms with E-state index >= 15 is 0 Å². The summed E-state index contributed by atoms with van der Waals surface area (Å²) >= 11 is 0. The molecule has 0 saturated heterocycles. The molecular formula is C18H26N4O. The second kappa shape index (κ2) is 8.98. The van der Waals surface area contributed by atoms with E-state index in [0.717, 1.165) is 36.5 Å². The zero-order chi connectivity index (χ0) is 16.5. The smallest absolute Gasteiger partial charge is 0.224 e. The van der Waals surface area contributed by atoms with E-state index in [1.165, 1.54) is 0 Å². The number of rotatable bonds is 6. The number of carbonyl (C=O) groups excluding carboxylic acids is 1. The van der Waals surface area contributed by atoms with Crippen molar-refractivity contribution in [3.63, 3.8) is 0 Å². The molecule has 0 aliphatic heterocycles. The number of hydrogen-bond donors (Lipinski definition) is 3. The minimum atomic E-state index is 0.0591. The molecule has 0 atom stereocenters. The fourth-order valence-electron chi connectivity index (χ4n) is 2.52. The van der Waals surface area contributed by atoms with Crippen LogP contribution < -0.4 is 16.0 Å². The van der Waals surface area contributed by atoms with Crippen molar-refractivity contribution in [3.8, 4) is 0 Å². The Labute approximate surface area is 138 Å².